The molecule has 0 bridgehead atoms. The predicted octanol–water partition coefficient (Wildman–Crippen LogP) is 4.07. The van der Waals surface area contributed by atoms with Crippen LogP contribution in [0.2, 0.25) is 0 Å². The van der Waals surface area contributed by atoms with Crippen LogP contribution < -0.4 is 18.9 Å². The lowest BCUT2D eigenvalue weighted by Gasteiger charge is -2.29. The molecule has 1 aromatic heterocycles. The zero-order chi connectivity index (χ0) is 22.1. The Morgan fingerprint density at radius 3 is 2.72 bits per heavy atom. The molecular weight excluding hydrogens is 408 g/mol. The van der Waals surface area contributed by atoms with Crippen LogP contribution in [0.25, 0.3) is 6.08 Å². The first-order chi connectivity index (χ1) is 15.7. The number of fused-ring (bicyclic) bond motifs is 3. The molecule has 0 atom stereocenters. The van der Waals surface area contributed by atoms with Crippen molar-refractivity contribution in [1.82, 2.24) is 9.88 Å². The fourth-order valence-electron chi connectivity index (χ4n) is 3.93. The molecule has 0 saturated carbocycles. The first kappa shape index (κ1) is 20.1. The Hall–Kier alpha value is -3.84. The number of ketones is 1. The minimum absolute atomic E-state index is 0.160. The number of rotatable bonds is 5. The molecule has 2 aliphatic heterocycles. The average molecular weight is 430 g/mol. The van der Waals surface area contributed by atoms with Crippen molar-refractivity contribution in [3.63, 3.8) is 0 Å². The highest BCUT2D eigenvalue weighted by Gasteiger charge is 2.33. The molecule has 0 fully saturated rings. The van der Waals surface area contributed by atoms with E-state index in [1.54, 1.807) is 44.8 Å². The van der Waals surface area contributed by atoms with E-state index in [9.17, 15) is 4.79 Å². The first-order valence-corrected chi connectivity index (χ1v) is 10.2. The second kappa shape index (κ2) is 8.36. The van der Waals surface area contributed by atoms with Crippen molar-refractivity contribution < 1.29 is 23.7 Å². The summed E-state index contributed by atoms with van der Waals surface area (Å²) in [5, 5.41) is 0. The number of carbonyl (C=O) groups excluding carboxylic acids is 1. The molecule has 0 saturated heterocycles. The normalized spacial score (nSPS) is 16.2. The van der Waals surface area contributed by atoms with Crippen molar-refractivity contribution in [2.75, 3.05) is 21.0 Å². The fourth-order valence-corrected chi connectivity index (χ4v) is 3.93. The van der Waals surface area contributed by atoms with E-state index in [1.807, 2.05) is 30.3 Å². The van der Waals surface area contributed by atoms with Crippen molar-refractivity contribution in [2.45, 2.75) is 13.1 Å². The summed E-state index contributed by atoms with van der Waals surface area (Å²) in [7, 11) is 3.17. The largest absolute Gasteiger partial charge is 0.497 e. The molecular formula is C25H22N2O5. The van der Waals surface area contributed by atoms with Crippen LogP contribution in [0.1, 0.15) is 27.0 Å². The summed E-state index contributed by atoms with van der Waals surface area (Å²) in [4.78, 5) is 19.3. The van der Waals surface area contributed by atoms with Gasteiger partial charge in [-0.05, 0) is 48.0 Å². The van der Waals surface area contributed by atoms with Crippen LogP contribution in [-0.4, -0.2) is 36.6 Å². The molecule has 0 amide bonds. The van der Waals surface area contributed by atoms with Gasteiger partial charge in [-0.3, -0.25) is 14.7 Å². The lowest BCUT2D eigenvalue weighted by Crippen LogP contribution is -2.31. The Labute approximate surface area is 185 Å². The Balaban J connectivity index is 1.44. The molecule has 3 aromatic rings. The smallest absolute Gasteiger partial charge is 0.231 e. The monoisotopic (exact) mass is 430 g/mol. The topological polar surface area (TPSA) is 70.1 Å². The van der Waals surface area contributed by atoms with E-state index in [0.29, 0.717) is 42.6 Å². The molecule has 3 heterocycles. The quantitative estimate of drug-likeness (QED) is 0.565. The SMILES string of the molecule is COc1ccc(/C=C2\Oc3c(ccc4c3CN(Cc3ccncc3)CO4)C2=O)c(OC)c1. The molecule has 5 rings (SSSR count). The van der Waals surface area contributed by atoms with Crippen LogP contribution >= 0.6 is 0 Å². The number of carbonyl (C=O) groups is 1. The van der Waals surface area contributed by atoms with Crippen LogP contribution in [0.15, 0.2) is 60.6 Å². The number of benzene rings is 2. The molecule has 0 radical (unpaired) electrons. The molecule has 7 heteroatoms. The molecule has 32 heavy (non-hydrogen) atoms. The number of hydrogen-bond acceptors (Lipinski definition) is 7. The summed E-state index contributed by atoms with van der Waals surface area (Å²) < 4.78 is 22.7. The van der Waals surface area contributed by atoms with Gasteiger partial charge in [-0.15, -0.1) is 0 Å². The van der Waals surface area contributed by atoms with Crippen molar-refractivity contribution in [3.05, 3.63) is 82.9 Å². The molecule has 0 unspecified atom stereocenters. The minimum atomic E-state index is -0.160. The number of aromatic nitrogens is 1. The first-order valence-electron chi connectivity index (χ1n) is 10.2. The highest BCUT2D eigenvalue weighted by atomic mass is 16.5. The second-order valence-electron chi connectivity index (χ2n) is 7.58. The van der Waals surface area contributed by atoms with E-state index in [4.69, 9.17) is 18.9 Å². The fraction of sp³-hybridized carbons (Fsp3) is 0.200. The molecule has 162 valence electrons. The Kier molecular flexibility index (Phi) is 5.25. The second-order valence-corrected chi connectivity index (χ2v) is 7.58. The number of ether oxygens (including phenoxy) is 4. The summed E-state index contributed by atoms with van der Waals surface area (Å²) in [5.41, 5.74) is 3.29. The van der Waals surface area contributed by atoms with Gasteiger partial charge in [0.2, 0.25) is 5.78 Å². The van der Waals surface area contributed by atoms with Crippen LogP contribution in [-0.2, 0) is 13.1 Å². The molecule has 2 aliphatic rings. The minimum Gasteiger partial charge on any atom is -0.497 e. The van der Waals surface area contributed by atoms with Gasteiger partial charge in [-0.1, -0.05) is 0 Å². The zero-order valence-electron chi connectivity index (χ0n) is 17.8. The van der Waals surface area contributed by atoms with Crippen molar-refractivity contribution in [1.29, 1.82) is 0 Å². The summed E-state index contributed by atoms with van der Waals surface area (Å²) >= 11 is 0. The third kappa shape index (κ3) is 3.67. The van der Waals surface area contributed by atoms with Gasteiger partial charge in [-0.2, -0.15) is 0 Å². The number of allylic oxidation sites excluding steroid dienone is 1. The van der Waals surface area contributed by atoms with Gasteiger partial charge in [0.05, 0.1) is 25.3 Å². The Morgan fingerprint density at radius 1 is 1.09 bits per heavy atom. The lowest BCUT2D eigenvalue weighted by atomic mass is 10.0. The van der Waals surface area contributed by atoms with Gasteiger partial charge < -0.3 is 18.9 Å². The van der Waals surface area contributed by atoms with Gasteiger partial charge in [0.15, 0.2) is 5.76 Å². The summed E-state index contributed by atoms with van der Waals surface area (Å²) in [6, 6.07) is 13.0. The van der Waals surface area contributed by atoms with Crippen molar-refractivity contribution in [2.24, 2.45) is 0 Å². The summed E-state index contributed by atoms with van der Waals surface area (Å²) in [5.74, 6) is 2.66. The highest BCUT2D eigenvalue weighted by Crippen LogP contribution is 2.42. The number of methoxy groups -OCH3 is 2. The Bertz CT molecular complexity index is 1210. The van der Waals surface area contributed by atoms with Crippen LogP contribution in [0.4, 0.5) is 0 Å². The lowest BCUT2D eigenvalue weighted by molar-refractivity contribution is 0.0872. The third-order valence-electron chi connectivity index (χ3n) is 5.57. The van der Waals surface area contributed by atoms with Gasteiger partial charge in [0.1, 0.15) is 29.7 Å². The standard InChI is InChI=1S/C25H22N2O5/c1-29-18-4-3-17(22(12-18)30-2)11-23-24(28)19-5-6-21-20(25(19)32-23)14-27(15-31-21)13-16-7-9-26-10-8-16/h3-12H,13-15H2,1-2H3/b23-11-. The maximum absolute atomic E-state index is 13.1. The molecule has 7 nitrogen and oxygen atoms in total. The van der Waals surface area contributed by atoms with Gasteiger partial charge in [0.25, 0.3) is 0 Å². The van der Waals surface area contributed by atoms with Gasteiger partial charge in [-0.25, -0.2) is 0 Å². The van der Waals surface area contributed by atoms with Crippen LogP contribution in [0.5, 0.6) is 23.0 Å². The van der Waals surface area contributed by atoms with E-state index in [1.165, 1.54) is 0 Å². The summed E-state index contributed by atoms with van der Waals surface area (Å²) in [6.45, 7) is 1.80. The van der Waals surface area contributed by atoms with Gasteiger partial charge >= 0.3 is 0 Å². The maximum atomic E-state index is 13.1. The number of hydrogen-bond donors (Lipinski definition) is 0. The van der Waals surface area contributed by atoms with Gasteiger partial charge in [0, 0.05) is 37.1 Å². The third-order valence-corrected chi connectivity index (χ3v) is 5.57. The van der Waals surface area contributed by atoms with Crippen molar-refractivity contribution >= 4 is 11.9 Å². The molecule has 0 N–H and O–H groups in total. The van der Waals surface area contributed by atoms with E-state index >= 15 is 0 Å². The zero-order valence-corrected chi connectivity index (χ0v) is 17.8. The van der Waals surface area contributed by atoms with E-state index in [-0.39, 0.29) is 11.5 Å². The van der Waals surface area contributed by atoms with E-state index in [2.05, 4.69) is 9.88 Å². The molecule has 0 spiro atoms. The van der Waals surface area contributed by atoms with E-state index in [0.717, 1.165) is 22.4 Å². The molecule has 2 aromatic carbocycles. The maximum Gasteiger partial charge on any atom is 0.231 e. The van der Waals surface area contributed by atoms with Crippen molar-refractivity contribution in [3.8, 4) is 23.0 Å². The number of pyridine rings is 1. The Morgan fingerprint density at radius 2 is 1.94 bits per heavy atom. The number of nitrogens with zero attached hydrogens (tertiary/aromatic N) is 2. The molecule has 0 aliphatic carbocycles. The van der Waals surface area contributed by atoms with E-state index < -0.39 is 0 Å². The average Bonchev–Trinajstić information content (AvgIpc) is 3.15. The van der Waals surface area contributed by atoms with Crippen LogP contribution in [0.3, 0.4) is 0 Å². The number of Topliss-reactive ketones (excluding diaryl/α,β-unsaturated/α-hetero) is 1. The highest BCUT2D eigenvalue weighted by molar-refractivity contribution is 6.15. The predicted molar refractivity (Wildman–Crippen MR) is 118 cm³/mol. The van der Waals surface area contributed by atoms with Crippen LogP contribution in [0, 0.1) is 0 Å². The summed E-state index contributed by atoms with van der Waals surface area (Å²) in [6.07, 6.45) is 5.25.